The highest BCUT2D eigenvalue weighted by atomic mass is 32.2. The lowest BCUT2D eigenvalue weighted by Gasteiger charge is -2.21. The lowest BCUT2D eigenvalue weighted by Crippen LogP contribution is -2.44. The molecule has 0 aliphatic carbocycles. The number of benzene rings is 2. The van der Waals surface area contributed by atoms with Gasteiger partial charge in [-0.2, -0.15) is 0 Å². The van der Waals surface area contributed by atoms with Gasteiger partial charge in [-0.1, -0.05) is 53.8 Å². The Balaban J connectivity index is 1.60. The number of amides is 3. The first-order valence-electron chi connectivity index (χ1n) is 9.21. The molecule has 31 heavy (non-hydrogen) atoms. The Kier molecular flexibility index (Phi) is 5.42. The third-order valence-electron chi connectivity index (χ3n) is 4.93. The number of anilines is 1. The Hall–Kier alpha value is -3.37. The molecular weight excluding hydrogens is 438 g/mol. The lowest BCUT2D eigenvalue weighted by molar-refractivity contribution is -0.384. The number of aryl methyl sites for hydroxylation is 1. The molecule has 2 fully saturated rings. The van der Waals surface area contributed by atoms with Gasteiger partial charge in [-0.05, 0) is 30.7 Å². The molecule has 0 bridgehead atoms. The van der Waals surface area contributed by atoms with E-state index < -0.39 is 28.7 Å². The molecule has 0 radical (unpaired) electrons. The number of nitrogens with zero attached hydrogens (tertiary/aromatic N) is 3. The van der Waals surface area contributed by atoms with Crippen molar-refractivity contribution in [3.8, 4) is 0 Å². The van der Waals surface area contributed by atoms with Crippen LogP contribution in [0, 0.1) is 17.0 Å². The summed E-state index contributed by atoms with van der Waals surface area (Å²) in [6.07, 6.45) is 1.33. The molecule has 2 aromatic rings. The summed E-state index contributed by atoms with van der Waals surface area (Å²) >= 11 is 6.31. The minimum Gasteiger partial charge on any atom is -0.280 e. The van der Waals surface area contributed by atoms with Crippen molar-refractivity contribution in [2.24, 2.45) is 0 Å². The van der Waals surface area contributed by atoms with Crippen LogP contribution in [-0.4, -0.2) is 37.9 Å². The van der Waals surface area contributed by atoms with Crippen molar-refractivity contribution in [3.63, 3.8) is 0 Å². The van der Waals surface area contributed by atoms with Gasteiger partial charge in [0.1, 0.15) is 10.4 Å². The third kappa shape index (κ3) is 3.87. The summed E-state index contributed by atoms with van der Waals surface area (Å²) in [6.45, 7) is 1.90. The normalized spacial score (nSPS) is 20.3. The molecule has 8 nitrogen and oxygen atoms in total. The van der Waals surface area contributed by atoms with Crippen molar-refractivity contribution in [2.75, 3.05) is 4.90 Å². The molecule has 0 N–H and O–H groups in total. The van der Waals surface area contributed by atoms with E-state index in [2.05, 4.69) is 0 Å². The van der Waals surface area contributed by atoms with Gasteiger partial charge < -0.3 is 0 Å². The van der Waals surface area contributed by atoms with Crippen LogP contribution in [0.3, 0.4) is 0 Å². The molecule has 0 spiro atoms. The molecule has 4 rings (SSSR count). The summed E-state index contributed by atoms with van der Waals surface area (Å²) in [5, 5.41) is 11.0. The highest BCUT2D eigenvalue weighted by molar-refractivity contribution is 8.26. The van der Waals surface area contributed by atoms with Crippen LogP contribution in [0.4, 0.5) is 11.4 Å². The predicted octanol–water partition coefficient (Wildman–Crippen LogP) is 3.44. The zero-order valence-corrected chi connectivity index (χ0v) is 17.8. The number of hydrogen-bond acceptors (Lipinski definition) is 7. The van der Waals surface area contributed by atoms with E-state index in [4.69, 9.17) is 12.2 Å². The van der Waals surface area contributed by atoms with Gasteiger partial charge in [0.05, 0.1) is 21.9 Å². The minimum atomic E-state index is -1.02. The number of imide groups is 1. The molecule has 0 unspecified atom stereocenters. The first kappa shape index (κ1) is 20.9. The highest BCUT2D eigenvalue weighted by Gasteiger charge is 2.48. The molecule has 156 valence electrons. The lowest BCUT2D eigenvalue weighted by atomic mass is 10.1. The fourth-order valence-corrected chi connectivity index (χ4v) is 4.77. The number of nitro benzene ring substituents is 1. The van der Waals surface area contributed by atoms with Crippen LogP contribution in [0.1, 0.15) is 17.5 Å². The van der Waals surface area contributed by atoms with Gasteiger partial charge in [0.25, 0.3) is 17.5 Å². The molecule has 1 atom stereocenters. The van der Waals surface area contributed by atoms with Gasteiger partial charge in [-0.3, -0.25) is 29.4 Å². The summed E-state index contributed by atoms with van der Waals surface area (Å²) in [7, 11) is 0. The molecule has 2 aliphatic rings. The summed E-state index contributed by atoms with van der Waals surface area (Å²) < 4.78 is 0.165. The fraction of sp³-hybridized carbons (Fsp3) is 0.143. The van der Waals surface area contributed by atoms with Crippen molar-refractivity contribution < 1.29 is 19.3 Å². The zero-order chi connectivity index (χ0) is 22.3. The Bertz CT molecular complexity index is 1180. The summed E-state index contributed by atoms with van der Waals surface area (Å²) in [5.41, 5.74) is 1.79. The van der Waals surface area contributed by atoms with Gasteiger partial charge >= 0.3 is 0 Å². The van der Waals surface area contributed by atoms with E-state index >= 15 is 0 Å². The topological polar surface area (TPSA) is 101 Å². The van der Waals surface area contributed by atoms with E-state index in [1.54, 1.807) is 30.3 Å². The Morgan fingerprint density at radius 2 is 1.87 bits per heavy atom. The number of thioether (sulfide) groups is 1. The van der Waals surface area contributed by atoms with Crippen molar-refractivity contribution in [1.29, 1.82) is 0 Å². The molecule has 2 aliphatic heterocycles. The average molecular weight is 454 g/mol. The highest BCUT2D eigenvalue weighted by Crippen LogP contribution is 2.37. The fourth-order valence-electron chi connectivity index (χ4n) is 3.41. The van der Waals surface area contributed by atoms with Crippen molar-refractivity contribution >= 4 is 63.5 Å². The van der Waals surface area contributed by atoms with Crippen LogP contribution < -0.4 is 4.90 Å². The molecular formula is C21H15N3O5S2. The van der Waals surface area contributed by atoms with Gasteiger partial charge in [0.2, 0.25) is 5.91 Å². The van der Waals surface area contributed by atoms with E-state index in [1.807, 2.05) is 6.92 Å². The summed E-state index contributed by atoms with van der Waals surface area (Å²) in [4.78, 5) is 51.5. The molecule has 0 aromatic heterocycles. The summed E-state index contributed by atoms with van der Waals surface area (Å²) in [5.74, 6) is -1.42. The molecule has 2 aromatic carbocycles. The second kappa shape index (κ2) is 8.05. The van der Waals surface area contributed by atoms with Crippen LogP contribution in [0.5, 0.6) is 0 Å². The smallest absolute Gasteiger partial charge is 0.270 e. The summed E-state index contributed by atoms with van der Waals surface area (Å²) in [6, 6.07) is 11.8. The average Bonchev–Trinajstić information content (AvgIpc) is 3.17. The van der Waals surface area contributed by atoms with Gasteiger partial charge in [0, 0.05) is 12.1 Å². The maximum absolute atomic E-state index is 13.0. The predicted molar refractivity (Wildman–Crippen MR) is 120 cm³/mol. The third-order valence-corrected chi connectivity index (χ3v) is 6.26. The number of thiocarbonyl (C=S) groups is 1. The number of nitro groups is 1. The molecule has 2 saturated heterocycles. The van der Waals surface area contributed by atoms with Crippen molar-refractivity contribution in [1.82, 2.24) is 4.90 Å². The second-order valence-electron chi connectivity index (χ2n) is 7.03. The van der Waals surface area contributed by atoms with Crippen molar-refractivity contribution in [2.45, 2.75) is 19.4 Å². The van der Waals surface area contributed by atoms with Crippen LogP contribution in [0.15, 0.2) is 53.4 Å². The largest absolute Gasteiger partial charge is 0.280 e. The van der Waals surface area contributed by atoms with Gasteiger partial charge in [-0.15, -0.1) is 0 Å². The quantitative estimate of drug-likeness (QED) is 0.230. The number of carbonyl (C=O) groups excluding carboxylic acids is 3. The van der Waals surface area contributed by atoms with Gasteiger partial charge in [0.15, 0.2) is 0 Å². The van der Waals surface area contributed by atoms with E-state index in [9.17, 15) is 24.5 Å². The SMILES string of the molecule is Cc1ccc(N2C(=O)C[C@H](N3C(=O)/C(=C/c4cccc([N+](=O)[O-])c4)SC3=S)C2=O)cc1. The van der Waals surface area contributed by atoms with Crippen molar-refractivity contribution in [3.05, 3.63) is 74.7 Å². The molecule has 10 heteroatoms. The second-order valence-corrected chi connectivity index (χ2v) is 8.70. The van der Waals surface area contributed by atoms with E-state index in [0.29, 0.717) is 11.3 Å². The number of rotatable bonds is 4. The first-order valence-corrected chi connectivity index (χ1v) is 10.4. The zero-order valence-electron chi connectivity index (χ0n) is 16.2. The molecule has 2 heterocycles. The Morgan fingerprint density at radius 1 is 1.16 bits per heavy atom. The Labute approximate surface area is 186 Å². The maximum atomic E-state index is 13.0. The van der Waals surface area contributed by atoms with E-state index in [-0.39, 0.29) is 21.3 Å². The van der Waals surface area contributed by atoms with E-state index in [1.165, 1.54) is 24.3 Å². The molecule has 0 saturated carbocycles. The van der Waals surface area contributed by atoms with Gasteiger partial charge in [-0.25, -0.2) is 4.90 Å². The van der Waals surface area contributed by atoms with Crippen LogP contribution in [0.2, 0.25) is 0 Å². The van der Waals surface area contributed by atoms with E-state index in [0.717, 1.165) is 27.1 Å². The number of hydrogen-bond donors (Lipinski definition) is 0. The number of carbonyl (C=O) groups is 3. The standard InChI is InChI=1S/C21H15N3O5S2/c1-12-5-7-14(8-6-12)22-18(25)11-16(19(22)26)23-20(27)17(31-21(23)30)10-13-3-2-4-15(9-13)24(28)29/h2-10,16H,11H2,1H3/b17-10-/t16-/m0/s1. The van der Waals surface area contributed by atoms with Crippen LogP contribution in [0.25, 0.3) is 6.08 Å². The Morgan fingerprint density at radius 3 is 2.55 bits per heavy atom. The van der Waals surface area contributed by atoms with Crippen LogP contribution in [-0.2, 0) is 14.4 Å². The van der Waals surface area contributed by atoms with Crippen LogP contribution >= 0.6 is 24.0 Å². The first-order chi connectivity index (χ1) is 14.8. The monoisotopic (exact) mass is 453 g/mol. The maximum Gasteiger partial charge on any atom is 0.270 e. The minimum absolute atomic E-state index is 0.102. The number of non-ortho nitro benzene ring substituents is 1. The molecule has 3 amide bonds.